The van der Waals surface area contributed by atoms with E-state index in [2.05, 4.69) is 21.6 Å². The predicted octanol–water partition coefficient (Wildman–Crippen LogP) is 1.05. The summed E-state index contributed by atoms with van der Waals surface area (Å²) in [6, 6.07) is 4.23. The fraction of sp³-hybridized carbons (Fsp3) is 0.385. The van der Waals surface area contributed by atoms with Crippen molar-refractivity contribution >= 4 is 0 Å². The standard InChI is InChI=1S/C13H17N5/c1-18-8-10(7-16-18)13(17-14)11-5-4-9-3-2-6-15-12(9)11/h2-3,6-8,11,13,17H,4-5,14H2,1H3. The summed E-state index contributed by atoms with van der Waals surface area (Å²) >= 11 is 0. The summed E-state index contributed by atoms with van der Waals surface area (Å²) in [6.07, 6.45) is 7.88. The van der Waals surface area contributed by atoms with Gasteiger partial charge in [-0.25, -0.2) is 0 Å². The van der Waals surface area contributed by atoms with E-state index in [4.69, 9.17) is 5.84 Å². The topological polar surface area (TPSA) is 68.8 Å². The Morgan fingerprint density at radius 1 is 1.56 bits per heavy atom. The molecule has 2 atom stereocenters. The van der Waals surface area contributed by atoms with Crippen LogP contribution in [0.15, 0.2) is 30.7 Å². The molecule has 0 saturated heterocycles. The lowest BCUT2D eigenvalue weighted by molar-refractivity contribution is 0.447. The molecule has 1 aliphatic rings. The van der Waals surface area contributed by atoms with Crippen molar-refractivity contribution < 1.29 is 0 Å². The number of nitrogens with two attached hydrogens (primary N) is 1. The van der Waals surface area contributed by atoms with Crippen LogP contribution < -0.4 is 11.3 Å². The predicted molar refractivity (Wildman–Crippen MR) is 68.6 cm³/mol. The van der Waals surface area contributed by atoms with Crippen molar-refractivity contribution in [3.8, 4) is 0 Å². The molecule has 0 fully saturated rings. The maximum atomic E-state index is 5.74. The normalized spacial score (nSPS) is 19.8. The Morgan fingerprint density at radius 2 is 2.44 bits per heavy atom. The number of nitrogens with one attached hydrogen (secondary N) is 1. The molecule has 2 aromatic heterocycles. The third-order valence-corrected chi connectivity index (χ3v) is 3.67. The SMILES string of the molecule is Cn1cc(C(NN)C2CCc3cccnc32)cn1. The number of pyridine rings is 1. The second-order valence-corrected chi connectivity index (χ2v) is 4.78. The van der Waals surface area contributed by atoms with Crippen LogP contribution in [0.1, 0.15) is 35.2 Å². The number of rotatable bonds is 3. The van der Waals surface area contributed by atoms with E-state index in [9.17, 15) is 0 Å². The number of aromatic nitrogens is 3. The van der Waals surface area contributed by atoms with Crippen LogP contribution in [0.4, 0.5) is 0 Å². The van der Waals surface area contributed by atoms with Crippen molar-refractivity contribution in [3.63, 3.8) is 0 Å². The molecular weight excluding hydrogens is 226 g/mol. The van der Waals surface area contributed by atoms with Crippen LogP contribution in [0.5, 0.6) is 0 Å². The van der Waals surface area contributed by atoms with Gasteiger partial charge in [-0.1, -0.05) is 6.07 Å². The lowest BCUT2D eigenvalue weighted by Crippen LogP contribution is -2.32. The molecule has 0 amide bonds. The molecule has 2 heterocycles. The number of aryl methyl sites for hydroxylation is 2. The number of nitrogens with zero attached hydrogens (tertiary/aromatic N) is 3. The van der Waals surface area contributed by atoms with Crippen LogP contribution in [0.3, 0.4) is 0 Å². The third-order valence-electron chi connectivity index (χ3n) is 3.67. The first-order valence-electron chi connectivity index (χ1n) is 6.18. The second kappa shape index (κ2) is 4.51. The van der Waals surface area contributed by atoms with Crippen LogP contribution in [0.2, 0.25) is 0 Å². The van der Waals surface area contributed by atoms with Gasteiger partial charge in [0.2, 0.25) is 0 Å². The van der Waals surface area contributed by atoms with Gasteiger partial charge in [-0.05, 0) is 24.5 Å². The Hall–Kier alpha value is -1.72. The Balaban J connectivity index is 1.95. The Morgan fingerprint density at radius 3 is 3.17 bits per heavy atom. The minimum Gasteiger partial charge on any atom is -0.275 e. The van der Waals surface area contributed by atoms with Gasteiger partial charge in [0, 0.05) is 36.6 Å². The van der Waals surface area contributed by atoms with Crippen LogP contribution >= 0.6 is 0 Å². The zero-order chi connectivity index (χ0) is 12.5. The number of hydrogen-bond acceptors (Lipinski definition) is 4. The molecular formula is C13H17N5. The number of hydrogen-bond donors (Lipinski definition) is 2. The van der Waals surface area contributed by atoms with Gasteiger partial charge in [-0.2, -0.15) is 5.10 Å². The zero-order valence-corrected chi connectivity index (χ0v) is 10.4. The molecule has 3 N–H and O–H groups in total. The molecule has 5 heteroatoms. The highest BCUT2D eigenvalue weighted by atomic mass is 15.3. The summed E-state index contributed by atoms with van der Waals surface area (Å²) in [7, 11) is 1.91. The Kier molecular flexibility index (Phi) is 2.85. The smallest absolute Gasteiger partial charge is 0.0574 e. The van der Waals surface area contributed by atoms with Crippen molar-refractivity contribution in [1.82, 2.24) is 20.2 Å². The van der Waals surface area contributed by atoms with Crippen molar-refractivity contribution in [2.75, 3.05) is 0 Å². The number of hydrazine groups is 1. The highest BCUT2D eigenvalue weighted by Gasteiger charge is 2.31. The maximum absolute atomic E-state index is 5.74. The van der Waals surface area contributed by atoms with E-state index in [0.717, 1.165) is 18.4 Å². The molecule has 0 aliphatic heterocycles. The van der Waals surface area contributed by atoms with Gasteiger partial charge in [0.05, 0.1) is 12.2 Å². The van der Waals surface area contributed by atoms with Gasteiger partial charge in [-0.15, -0.1) is 0 Å². The monoisotopic (exact) mass is 243 g/mol. The van der Waals surface area contributed by atoms with E-state index in [-0.39, 0.29) is 6.04 Å². The van der Waals surface area contributed by atoms with Crippen molar-refractivity contribution in [2.45, 2.75) is 24.8 Å². The van der Waals surface area contributed by atoms with E-state index in [1.165, 1.54) is 11.3 Å². The lowest BCUT2D eigenvalue weighted by Gasteiger charge is -2.21. The maximum Gasteiger partial charge on any atom is 0.0574 e. The molecule has 0 bridgehead atoms. The van der Waals surface area contributed by atoms with Crippen LogP contribution in [-0.4, -0.2) is 14.8 Å². The lowest BCUT2D eigenvalue weighted by atomic mass is 9.93. The Labute approximate surface area is 106 Å². The molecule has 0 aromatic carbocycles. The molecule has 18 heavy (non-hydrogen) atoms. The van der Waals surface area contributed by atoms with Gasteiger partial charge < -0.3 is 0 Å². The van der Waals surface area contributed by atoms with Gasteiger partial charge in [0.25, 0.3) is 0 Å². The first kappa shape index (κ1) is 11.4. The van der Waals surface area contributed by atoms with E-state index in [1.807, 2.05) is 31.7 Å². The molecule has 2 aromatic rings. The van der Waals surface area contributed by atoms with Crippen molar-refractivity contribution in [2.24, 2.45) is 12.9 Å². The Bertz CT molecular complexity index is 548. The highest BCUT2D eigenvalue weighted by Crippen LogP contribution is 2.39. The molecule has 0 spiro atoms. The van der Waals surface area contributed by atoms with Gasteiger partial charge in [-0.3, -0.25) is 20.9 Å². The summed E-state index contributed by atoms with van der Waals surface area (Å²) < 4.78 is 1.80. The molecule has 5 nitrogen and oxygen atoms in total. The highest BCUT2D eigenvalue weighted by molar-refractivity contribution is 5.32. The van der Waals surface area contributed by atoms with Crippen LogP contribution in [0.25, 0.3) is 0 Å². The zero-order valence-electron chi connectivity index (χ0n) is 10.4. The molecule has 3 rings (SSSR count). The summed E-state index contributed by atoms with van der Waals surface area (Å²) in [4.78, 5) is 4.52. The van der Waals surface area contributed by atoms with Crippen molar-refractivity contribution in [3.05, 3.63) is 47.5 Å². The van der Waals surface area contributed by atoms with Crippen LogP contribution in [-0.2, 0) is 13.5 Å². The molecule has 0 saturated carbocycles. The minimum atomic E-state index is 0.0786. The first-order valence-corrected chi connectivity index (χ1v) is 6.18. The minimum absolute atomic E-state index is 0.0786. The molecule has 2 unspecified atom stereocenters. The number of fused-ring (bicyclic) bond motifs is 1. The third kappa shape index (κ3) is 1.81. The second-order valence-electron chi connectivity index (χ2n) is 4.78. The van der Waals surface area contributed by atoms with Crippen molar-refractivity contribution in [1.29, 1.82) is 0 Å². The van der Waals surface area contributed by atoms with Gasteiger partial charge >= 0.3 is 0 Å². The summed E-state index contributed by atoms with van der Waals surface area (Å²) in [5.41, 5.74) is 6.55. The molecule has 0 radical (unpaired) electrons. The first-order chi connectivity index (χ1) is 8.79. The quantitative estimate of drug-likeness (QED) is 0.624. The van der Waals surface area contributed by atoms with E-state index in [0.29, 0.717) is 5.92 Å². The van der Waals surface area contributed by atoms with E-state index >= 15 is 0 Å². The molecule has 1 aliphatic carbocycles. The summed E-state index contributed by atoms with van der Waals surface area (Å²) in [5.74, 6) is 6.07. The largest absolute Gasteiger partial charge is 0.275 e. The average Bonchev–Trinajstić information content (AvgIpc) is 2.98. The van der Waals surface area contributed by atoms with E-state index < -0.39 is 0 Å². The average molecular weight is 243 g/mol. The van der Waals surface area contributed by atoms with E-state index in [1.54, 1.807) is 4.68 Å². The summed E-state index contributed by atoms with van der Waals surface area (Å²) in [6.45, 7) is 0. The van der Waals surface area contributed by atoms with Crippen LogP contribution in [0, 0.1) is 0 Å². The van der Waals surface area contributed by atoms with Gasteiger partial charge in [0.15, 0.2) is 0 Å². The fourth-order valence-electron chi connectivity index (χ4n) is 2.81. The fourth-order valence-corrected chi connectivity index (χ4v) is 2.81. The summed E-state index contributed by atoms with van der Waals surface area (Å²) in [5, 5.41) is 4.21. The van der Waals surface area contributed by atoms with Gasteiger partial charge in [0.1, 0.15) is 0 Å². The molecule has 94 valence electrons.